The molecule has 1 aromatic rings. The first-order valence-corrected chi connectivity index (χ1v) is 6.29. The Bertz CT molecular complexity index is 455. The molecule has 1 amide bonds. The summed E-state index contributed by atoms with van der Waals surface area (Å²) >= 11 is 0. The van der Waals surface area contributed by atoms with Crippen molar-refractivity contribution in [3.63, 3.8) is 0 Å². The Balaban J connectivity index is 2.73. The molecule has 0 aliphatic carbocycles. The number of amides is 1. The number of hydrogen-bond donors (Lipinski definition) is 3. The molecule has 0 bridgehead atoms. The van der Waals surface area contributed by atoms with Crippen molar-refractivity contribution in [3.05, 3.63) is 23.8 Å². The van der Waals surface area contributed by atoms with Crippen LogP contribution in [0.4, 0.5) is 11.4 Å². The average molecular weight is 264 g/mol. The fourth-order valence-electron chi connectivity index (χ4n) is 2.13. The monoisotopic (exact) mass is 264 g/mol. The molecule has 1 aromatic carbocycles. The molecule has 106 valence electrons. The summed E-state index contributed by atoms with van der Waals surface area (Å²) in [4.78, 5) is 13.4. The lowest BCUT2D eigenvalue weighted by molar-refractivity contribution is 0.100. The Morgan fingerprint density at radius 3 is 2.53 bits per heavy atom. The van der Waals surface area contributed by atoms with Crippen LogP contribution >= 0.6 is 0 Å². The van der Waals surface area contributed by atoms with Gasteiger partial charge in [-0.1, -0.05) is 13.8 Å². The number of rotatable bonds is 6. The second kappa shape index (κ2) is 5.93. The minimum Gasteiger partial charge on any atom is -0.398 e. The zero-order valence-electron chi connectivity index (χ0n) is 12.2. The lowest BCUT2D eigenvalue weighted by Crippen LogP contribution is -2.34. The highest BCUT2D eigenvalue weighted by atomic mass is 16.1. The Morgan fingerprint density at radius 1 is 1.37 bits per heavy atom. The molecular weight excluding hydrogens is 240 g/mol. The van der Waals surface area contributed by atoms with Gasteiger partial charge in [0.15, 0.2) is 0 Å². The van der Waals surface area contributed by atoms with E-state index in [1.54, 1.807) is 12.1 Å². The van der Waals surface area contributed by atoms with Gasteiger partial charge >= 0.3 is 0 Å². The van der Waals surface area contributed by atoms with Crippen molar-refractivity contribution in [3.8, 4) is 0 Å². The van der Waals surface area contributed by atoms with Crippen LogP contribution in [0.3, 0.4) is 0 Å². The van der Waals surface area contributed by atoms with Gasteiger partial charge in [-0.15, -0.1) is 0 Å². The van der Waals surface area contributed by atoms with E-state index in [1.165, 1.54) is 0 Å². The lowest BCUT2D eigenvalue weighted by atomic mass is 9.93. The van der Waals surface area contributed by atoms with Crippen LogP contribution in [-0.2, 0) is 0 Å². The molecule has 0 aliphatic rings. The molecule has 0 fully saturated rings. The minimum atomic E-state index is -0.506. The van der Waals surface area contributed by atoms with Crippen LogP contribution in [0.5, 0.6) is 0 Å². The third kappa shape index (κ3) is 4.79. The first kappa shape index (κ1) is 15.3. The van der Waals surface area contributed by atoms with E-state index in [-0.39, 0.29) is 5.41 Å². The van der Waals surface area contributed by atoms with Gasteiger partial charge in [-0.3, -0.25) is 4.79 Å². The summed E-state index contributed by atoms with van der Waals surface area (Å²) in [7, 11) is 4.10. The Labute approximate surface area is 115 Å². The number of carbonyl (C=O) groups excluding carboxylic acids is 1. The molecule has 0 saturated heterocycles. The van der Waals surface area contributed by atoms with Gasteiger partial charge in [0.25, 0.3) is 5.91 Å². The molecule has 0 atom stereocenters. The average Bonchev–Trinajstić information content (AvgIpc) is 2.26. The Morgan fingerprint density at radius 2 is 2.00 bits per heavy atom. The number of carbonyl (C=O) groups is 1. The molecule has 0 radical (unpaired) electrons. The number of benzene rings is 1. The highest BCUT2D eigenvalue weighted by molar-refractivity contribution is 5.98. The number of nitrogen functional groups attached to an aromatic ring is 1. The fourth-order valence-corrected chi connectivity index (χ4v) is 2.13. The maximum Gasteiger partial charge on any atom is 0.250 e. The van der Waals surface area contributed by atoms with E-state index >= 15 is 0 Å². The van der Waals surface area contributed by atoms with E-state index in [2.05, 4.69) is 38.2 Å². The third-order valence-electron chi connectivity index (χ3n) is 2.83. The zero-order valence-corrected chi connectivity index (χ0v) is 12.2. The number of nitrogens with zero attached hydrogens (tertiary/aromatic N) is 1. The molecule has 5 nitrogen and oxygen atoms in total. The predicted molar refractivity (Wildman–Crippen MR) is 80.2 cm³/mol. The van der Waals surface area contributed by atoms with E-state index in [0.29, 0.717) is 11.3 Å². The summed E-state index contributed by atoms with van der Waals surface area (Å²) in [6, 6.07) is 5.25. The standard InChI is InChI=1S/C14H24N4O/c1-14(2,9-18(3)4)8-17-10-5-6-12(15)11(7-10)13(16)19/h5-7,17H,8-9,15H2,1-4H3,(H2,16,19). The molecule has 0 saturated carbocycles. The van der Waals surface area contributed by atoms with Crippen LogP contribution < -0.4 is 16.8 Å². The van der Waals surface area contributed by atoms with Gasteiger partial charge in [-0.2, -0.15) is 0 Å². The van der Waals surface area contributed by atoms with Gasteiger partial charge in [0.2, 0.25) is 0 Å². The van der Waals surface area contributed by atoms with Crippen LogP contribution in [-0.4, -0.2) is 38.0 Å². The van der Waals surface area contributed by atoms with Crippen molar-refractivity contribution in [1.82, 2.24) is 4.90 Å². The highest BCUT2D eigenvalue weighted by Gasteiger charge is 2.18. The number of nitrogens with two attached hydrogens (primary N) is 2. The summed E-state index contributed by atoms with van der Waals surface area (Å²) in [6.45, 7) is 6.14. The summed E-state index contributed by atoms with van der Waals surface area (Å²) in [5, 5.41) is 3.32. The quantitative estimate of drug-likeness (QED) is 0.677. The van der Waals surface area contributed by atoms with E-state index in [0.717, 1.165) is 18.8 Å². The summed E-state index contributed by atoms with van der Waals surface area (Å²) < 4.78 is 0. The topological polar surface area (TPSA) is 84.4 Å². The van der Waals surface area contributed by atoms with Crippen LogP contribution in [0.15, 0.2) is 18.2 Å². The van der Waals surface area contributed by atoms with Gasteiger partial charge in [0.05, 0.1) is 5.56 Å². The summed E-state index contributed by atoms with van der Waals surface area (Å²) in [5.41, 5.74) is 12.7. The fraction of sp³-hybridized carbons (Fsp3) is 0.500. The van der Waals surface area contributed by atoms with Crippen molar-refractivity contribution < 1.29 is 4.79 Å². The number of primary amides is 1. The number of hydrogen-bond acceptors (Lipinski definition) is 4. The SMILES string of the molecule is CN(C)CC(C)(C)CNc1ccc(N)c(C(N)=O)c1. The first-order valence-electron chi connectivity index (χ1n) is 6.29. The van der Waals surface area contributed by atoms with E-state index in [1.807, 2.05) is 6.07 Å². The van der Waals surface area contributed by atoms with Gasteiger partial charge in [-0.05, 0) is 37.7 Å². The second-order valence-corrected chi connectivity index (χ2v) is 5.92. The molecule has 5 N–H and O–H groups in total. The summed E-state index contributed by atoms with van der Waals surface area (Å²) in [6.07, 6.45) is 0. The Hall–Kier alpha value is -1.75. The zero-order chi connectivity index (χ0) is 14.6. The predicted octanol–water partition coefficient (Wildman–Crippen LogP) is 1.37. The molecule has 0 unspecified atom stereocenters. The van der Waals surface area contributed by atoms with Crippen molar-refractivity contribution >= 4 is 17.3 Å². The minimum absolute atomic E-state index is 0.123. The van der Waals surface area contributed by atoms with Gasteiger partial charge in [0.1, 0.15) is 0 Å². The molecule has 1 rings (SSSR count). The van der Waals surface area contributed by atoms with Crippen LogP contribution in [0, 0.1) is 5.41 Å². The number of anilines is 2. The normalized spacial score (nSPS) is 11.6. The van der Waals surface area contributed by atoms with E-state index in [4.69, 9.17) is 11.5 Å². The lowest BCUT2D eigenvalue weighted by Gasteiger charge is -2.29. The highest BCUT2D eigenvalue weighted by Crippen LogP contribution is 2.21. The molecular formula is C14H24N4O. The van der Waals surface area contributed by atoms with Crippen LogP contribution in [0.25, 0.3) is 0 Å². The van der Waals surface area contributed by atoms with Crippen molar-refractivity contribution in [2.24, 2.45) is 11.1 Å². The largest absolute Gasteiger partial charge is 0.398 e. The van der Waals surface area contributed by atoms with Gasteiger partial charge in [-0.25, -0.2) is 0 Å². The second-order valence-electron chi connectivity index (χ2n) is 5.92. The smallest absolute Gasteiger partial charge is 0.250 e. The number of nitrogens with one attached hydrogen (secondary N) is 1. The molecule has 0 spiro atoms. The van der Waals surface area contributed by atoms with Gasteiger partial charge in [0, 0.05) is 24.5 Å². The van der Waals surface area contributed by atoms with E-state index in [9.17, 15) is 4.79 Å². The first-order chi connectivity index (χ1) is 8.71. The van der Waals surface area contributed by atoms with E-state index < -0.39 is 5.91 Å². The molecule has 0 aromatic heterocycles. The van der Waals surface area contributed by atoms with Crippen LogP contribution in [0.2, 0.25) is 0 Å². The molecule has 19 heavy (non-hydrogen) atoms. The molecule has 0 heterocycles. The van der Waals surface area contributed by atoms with Crippen LogP contribution in [0.1, 0.15) is 24.2 Å². The van der Waals surface area contributed by atoms with Crippen molar-refractivity contribution in [2.75, 3.05) is 38.2 Å². The summed E-state index contributed by atoms with van der Waals surface area (Å²) in [5.74, 6) is -0.506. The Kier molecular flexibility index (Phi) is 4.78. The third-order valence-corrected chi connectivity index (χ3v) is 2.83. The maximum absolute atomic E-state index is 11.2. The van der Waals surface area contributed by atoms with Crippen molar-refractivity contribution in [1.29, 1.82) is 0 Å². The van der Waals surface area contributed by atoms with Gasteiger partial charge < -0.3 is 21.7 Å². The maximum atomic E-state index is 11.2. The molecule has 5 heteroatoms. The van der Waals surface area contributed by atoms with Crippen molar-refractivity contribution in [2.45, 2.75) is 13.8 Å². The molecule has 0 aliphatic heterocycles.